The molecule has 18 rings (SSSR count). The van der Waals surface area contributed by atoms with Crippen LogP contribution in [0.4, 0.5) is 0 Å². The molecule has 0 atom stereocenters. The predicted molar refractivity (Wildman–Crippen MR) is 489 cm³/mol. The summed E-state index contributed by atoms with van der Waals surface area (Å²) in [5, 5.41) is 100. The molecule has 0 saturated heterocycles. The van der Waals surface area contributed by atoms with Crippen molar-refractivity contribution in [3.63, 3.8) is 0 Å². The highest BCUT2D eigenvalue weighted by atomic mass is 32.2. The minimum absolute atomic E-state index is 0.0398. The summed E-state index contributed by atoms with van der Waals surface area (Å²) in [6.45, 7) is 28.5. The van der Waals surface area contributed by atoms with Gasteiger partial charge in [0.2, 0.25) is 0 Å². The van der Waals surface area contributed by atoms with Crippen molar-refractivity contribution >= 4 is 132 Å². The van der Waals surface area contributed by atoms with Crippen LogP contribution in [0.1, 0.15) is 177 Å². The molecule has 124 heavy (non-hydrogen) atoms. The second-order valence-electron chi connectivity index (χ2n) is 33.0. The first-order valence-corrected chi connectivity index (χ1v) is 45.5. The molecule has 0 spiro atoms. The Bertz CT molecular complexity index is 6490. The molecule has 4 aliphatic carbocycles. The van der Waals surface area contributed by atoms with Crippen LogP contribution in [0.2, 0.25) is 0 Å². The summed E-state index contributed by atoms with van der Waals surface area (Å²) in [6.07, 6.45) is 11.8. The fraction of sp³-hybridized carbons (Fsp3) is 0.355. The van der Waals surface area contributed by atoms with Crippen molar-refractivity contribution in [2.24, 2.45) is 0 Å². The van der Waals surface area contributed by atoms with Crippen molar-refractivity contribution < 1.29 is 49.5 Å². The van der Waals surface area contributed by atoms with Gasteiger partial charge in [-0.3, -0.25) is 51.8 Å². The maximum atomic E-state index is 11.8. The normalized spacial score (nSPS) is 14.5. The van der Waals surface area contributed by atoms with E-state index in [1.54, 1.807) is 27.7 Å². The largest absolute Gasteiger partial charge is 0.481 e. The molecule has 6 aromatic heterocycles. The van der Waals surface area contributed by atoms with Gasteiger partial charge in [0.25, 0.3) is 0 Å². The standard InChI is InChI=1S/C21H21N3O2S.C19H22N4O2S.C19H23N3O2S.C18H19N3O2S.C16H15N3O2S/c1-13-22-23-20(27-21(19(25)26)11-4-12-21)24(13)18-10-9-15(14-7-8-14)16-5-2-3-6-17(16)18;1-10-9-11(2)16(15-14(10)8-7-12(3)20-15)23-13(4)21-22-18(23)26-19(5,6)17(24)25;1-12-8-9-16(15-7-4-3-6-14(12)15)22-13(2)20-21-18(22)25-19(17(23)24)10-5-11-19;1-11-9-10-15(14-8-6-5-7-13(11)14)21-12(2)19-20-17(21)24-18(3,4)16(22)23;1-10-7-8-14(13-6-4-3-5-12(10)13)19-11(2)17-18-16(19)22-9-15(20)21/h2-3,5-6,9-10,14H,4,7-8,11-12H2,1H3,(H,25,26);7-9H,1-6H3,(H,24,25);8-9H,3-7,10-11H2,1-2H3,(H,23,24);5-10H,1-4H3,(H,22,23);3-8H,9H2,1-2H3,(H,20,21). The first-order valence-electron chi connectivity index (χ1n) is 41.2. The van der Waals surface area contributed by atoms with Gasteiger partial charge in [-0.15, -0.1) is 51.0 Å². The van der Waals surface area contributed by atoms with Gasteiger partial charge in [-0.25, -0.2) is 0 Å². The molecule has 3 fully saturated rings. The summed E-state index contributed by atoms with van der Waals surface area (Å²) in [5.41, 5.74) is 17.0. The minimum atomic E-state index is -1.02. The van der Waals surface area contributed by atoms with Crippen LogP contribution in [0.25, 0.3) is 71.7 Å². The van der Waals surface area contributed by atoms with Gasteiger partial charge in [-0.2, -0.15) is 0 Å². The van der Waals surface area contributed by atoms with Gasteiger partial charge in [0.05, 0.1) is 39.7 Å². The molecule has 0 aliphatic heterocycles. The SMILES string of the molecule is Cc1ccc(-n2c(C)nnc2SC(C)(C)C(=O)O)c2ccccc12.Cc1ccc(-n2c(C)nnc2SC2(C(=O)O)CCC2)c2c1CCCC2.Cc1ccc(-n2c(C)nnc2SCC(=O)O)c2ccccc12.Cc1ccc2c(C)cc(C)c(-n3c(C)nnc3SC(C)(C)C(=O)O)c2n1.Cc1nnc(SC2(C(=O)O)CCC2)n1-c1ccc(C2CC2)c2ccccc12. The number of carboxylic acid groups (broad SMARTS) is 5. The number of fused-ring (bicyclic) bond motifs is 5. The zero-order valence-electron chi connectivity index (χ0n) is 72.0. The Morgan fingerprint density at radius 3 is 1.23 bits per heavy atom. The number of nitrogens with zero attached hydrogens (tertiary/aromatic N) is 16. The quantitative estimate of drug-likeness (QED) is 0.0417. The van der Waals surface area contributed by atoms with Crippen LogP contribution in [-0.2, 0) is 36.8 Å². The zero-order chi connectivity index (χ0) is 88.6. The van der Waals surface area contributed by atoms with E-state index in [1.807, 2.05) is 109 Å². The molecule has 5 N–H and O–H groups in total. The second-order valence-corrected chi connectivity index (χ2v) is 39.8. The molecular formula is C93H100N16O10S5. The van der Waals surface area contributed by atoms with Crippen LogP contribution in [0, 0.1) is 76.2 Å². The van der Waals surface area contributed by atoms with Crippen LogP contribution in [0.5, 0.6) is 0 Å². The van der Waals surface area contributed by atoms with Gasteiger partial charge in [0.15, 0.2) is 25.8 Å². The third kappa shape index (κ3) is 18.2. The molecule has 0 unspecified atom stereocenters. The zero-order valence-corrected chi connectivity index (χ0v) is 76.1. The van der Waals surface area contributed by atoms with Gasteiger partial charge in [0.1, 0.15) is 48.1 Å². The second kappa shape index (κ2) is 36.5. The lowest BCUT2D eigenvalue weighted by atomic mass is 9.84. The van der Waals surface area contributed by atoms with E-state index < -0.39 is 48.8 Å². The average Bonchev–Trinajstić information content (AvgIpc) is 1.54. The van der Waals surface area contributed by atoms with E-state index in [2.05, 4.69) is 180 Å². The molecule has 0 bridgehead atoms. The number of hydrogen-bond donors (Lipinski definition) is 5. The highest BCUT2D eigenvalue weighted by Gasteiger charge is 2.48. The molecule has 26 nitrogen and oxygen atoms in total. The Hall–Kier alpha value is -11.3. The predicted octanol–water partition coefficient (Wildman–Crippen LogP) is 19.8. The first-order chi connectivity index (χ1) is 59.1. The number of pyridine rings is 1. The van der Waals surface area contributed by atoms with E-state index in [1.165, 1.54) is 134 Å². The van der Waals surface area contributed by atoms with Crippen molar-refractivity contribution in [2.45, 2.75) is 232 Å². The minimum Gasteiger partial charge on any atom is -0.481 e. The van der Waals surface area contributed by atoms with Crippen LogP contribution >= 0.6 is 58.8 Å². The summed E-state index contributed by atoms with van der Waals surface area (Å²) < 4.78 is 6.34. The molecular weight excluding hydrogens is 1660 g/mol. The summed E-state index contributed by atoms with van der Waals surface area (Å²) >= 11 is 6.28. The number of aryl methyl sites for hydroxylation is 11. The number of benzene rings is 8. The Kier molecular flexibility index (Phi) is 26.2. The number of aromatic nitrogens is 16. The van der Waals surface area contributed by atoms with Crippen LogP contribution in [0.15, 0.2) is 165 Å². The molecule has 4 aliphatic rings. The number of aliphatic carboxylic acids is 5. The third-order valence-corrected chi connectivity index (χ3v) is 29.3. The van der Waals surface area contributed by atoms with E-state index in [4.69, 9.17) is 10.1 Å². The summed E-state index contributed by atoms with van der Waals surface area (Å²) in [7, 11) is 0. The number of carbonyl (C=O) groups is 5. The van der Waals surface area contributed by atoms with Crippen LogP contribution in [-0.4, -0.2) is 159 Å². The third-order valence-electron chi connectivity index (χ3n) is 23.3. The average molecular weight is 1760 g/mol. The Balaban J connectivity index is 0.000000126. The molecule has 642 valence electrons. The molecule has 31 heteroatoms. The van der Waals surface area contributed by atoms with E-state index in [9.17, 15) is 44.4 Å². The van der Waals surface area contributed by atoms with Gasteiger partial charge in [-0.05, 0) is 278 Å². The number of rotatable bonds is 21. The van der Waals surface area contributed by atoms with Crippen molar-refractivity contribution in [3.8, 4) is 28.4 Å². The number of thioether (sulfide) groups is 5. The van der Waals surface area contributed by atoms with Gasteiger partial charge in [0, 0.05) is 27.2 Å². The molecule has 0 radical (unpaired) electrons. The lowest BCUT2D eigenvalue weighted by molar-refractivity contribution is -0.143. The first kappa shape index (κ1) is 89.0. The lowest BCUT2D eigenvalue weighted by Gasteiger charge is -2.36. The molecule has 14 aromatic rings. The molecule has 3 saturated carbocycles. The van der Waals surface area contributed by atoms with Gasteiger partial charge >= 0.3 is 29.8 Å². The highest BCUT2D eigenvalue weighted by molar-refractivity contribution is 8.02. The fourth-order valence-electron chi connectivity index (χ4n) is 15.9. The summed E-state index contributed by atoms with van der Waals surface area (Å²) in [4.78, 5) is 62.2. The van der Waals surface area contributed by atoms with E-state index in [0.717, 1.165) is 121 Å². The molecule has 6 heterocycles. The molecule has 0 amide bonds. The maximum Gasteiger partial charge on any atom is 0.320 e. The van der Waals surface area contributed by atoms with E-state index >= 15 is 0 Å². The molecule has 8 aromatic carbocycles. The van der Waals surface area contributed by atoms with E-state index in [-0.39, 0.29) is 5.75 Å². The fourth-order valence-corrected chi connectivity index (χ4v) is 21.2. The summed E-state index contributed by atoms with van der Waals surface area (Å²) in [5.74, 6) is 0.267. The monoisotopic (exact) mass is 1760 g/mol. The van der Waals surface area contributed by atoms with Crippen molar-refractivity contribution in [1.82, 2.24) is 78.8 Å². The Morgan fingerprint density at radius 2 is 0.774 bits per heavy atom. The Morgan fingerprint density at radius 1 is 0.387 bits per heavy atom. The van der Waals surface area contributed by atoms with E-state index in [0.29, 0.717) is 63.2 Å². The van der Waals surface area contributed by atoms with Gasteiger partial charge < -0.3 is 25.5 Å². The highest BCUT2D eigenvalue weighted by Crippen LogP contribution is 2.51. The van der Waals surface area contributed by atoms with Gasteiger partial charge in [-0.1, -0.05) is 168 Å². The topological polar surface area (TPSA) is 353 Å². The van der Waals surface area contributed by atoms with Crippen LogP contribution in [0.3, 0.4) is 0 Å². The Labute approximate surface area is 739 Å². The maximum absolute atomic E-state index is 11.8. The number of hydrogen-bond acceptors (Lipinski definition) is 21. The number of carboxylic acids is 5. The van der Waals surface area contributed by atoms with Crippen molar-refractivity contribution in [3.05, 3.63) is 219 Å². The summed E-state index contributed by atoms with van der Waals surface area (Å²) in [6, 6.07) is 47.8. The van der Waals surface area contributed by atoms with Crippen molar-refractivity contribution in [1.29, 1.82) is 0 Å². The lowest BCUT2D eigenvalue weighted by Crippen LogP contribution is -2.42. The smallest absolute Gasteiger partial charge is 0.320 e. The van der Waals surface area contributed by atoms with Crippen molar-refractivity contribution in [2.75, 3.05) is 5.75 Å². The van der Waals surface area contributed by atoms with Crippen LogP contribution < -0.4 is 0 Å².